The molecular weight excluding hydrogens is 372 g/mol. The average Bonchev–Trinajstić information content (AvgIpc) is 2.79. The predicted octanol–water partition coefficient (Wildman–Crippen LogP) is 4.57. The van der Waals surface area contributed by atoms with Gasteiger partial charge in [0.2, 0.25) is 0 Å². The van der Waals surface area contributed by atoms with Crippen LogP contribution in [0.4, 0.5) is 0 Å². The average molecular weight is 401 g/mol. The van der Waals surface area contributed by atoms with Crippen LogP contribution in [0.15, 0.2) is 72.8 Å². The number of nitrogens with one attached hydrogen (secondary N) is 1. The fourth-order valence-corrected chi connectivity index (χ4v) is 3.93. The van der Waals surface area contributed by atoms with Crippen molar-refractivity contribution in [1.29, 1.82) is 0 Å². The lowest BCUT2D eigenvalue weighted by Gasteiger charge is -2.28. The van der Waals surface area contributed by atoms with Crippen LogP contribution in [0.25, 0.3) is 0 Å². The van der Waals surface area contributed by atoms with Crippen LogP contribution in [0.2, 0.25) is 0 Å². The van der Waals surface area contributed by atoms with Gasteiger partial charge in [0.1, 0.15) is 5.75 Å². The third-order valence-electron chi connectivity index (χ3n) is 5.54. The highest BCUT2D eigenvalue weighted by atomic mass is 16.5. The van der Waals surface area contributed by atoms with E-state index < -0.39 is 0 Å². The molecule has 1 amide bonds. The zero-order valence-corrected chi connectivity index (χ0v) is 17.4. The molecule has 0 radical (unpaired) electrons. The molecule has 4 heteroatoms. The van der Waals surface area contributed by atoms with E-state index in [1.54, 1.807) is 0 Å². The van der Waals surface area contributed by atoms with E-state index in [0.717, 1.165) is 37.4 Å². The lowest BCUT2D eigenvalue weighted by Crippen LogP contribution is -2.30. The van der Waals surface area contributed by atoms with E-state index in [4.69, 9.17) is 4.74 Å². The summed E-state index contributed by atoms with van der Waals surface area (Å²) in [6.07, 6.45) is 1.10. The second-order valence-electron chi connectivity index (χ2n) is 7.65. The summed E-state index contributed by atoms with van der Waals surface area (Å²) >= 11 is 0. The number of rotatable bonds is 7. The summed E-state index contributed by atoms with van der Waals surface area (Å²) in [6, 6.07) is 24.4. The summed E-state index contributed by atoms with van der Waals surface area (Å²) in [7, 11) is 0. The van der Waals surface area contributed by atoms with Crippen molar-refractivity contribution in [1.82, 2.24) is 10.2 Å². The molecule has 1 N–H and O–H groups in total. The Balaban J connectivity index is 1.33. The van der Waals surface area contributed by atoms with Gasteiger partial charge in [0.05, 0.1) is 6.61 Å². The highest BCUT2D eigenvalue weighted by Crippen LogP contribution is 2.21. The first-order valence-electron chi connectivity index (χ1n) is 10.6. The van der Waals surface area contributed by atoms with E-state index in [-0.39, 0.29) is 5.91 Å². The van der Waals surface area contributed by atoms with E-state index in [0.29, 0.717) is 18.7 Å². The van der Waals surface area contributed by atoms with E-state index in [9.17, 15) is 4.79 Å². The molecular formula is C26H28N2O2. The summed E-state index contributed by atoms with van der Waals surface area (Å²) in [5.41, 5.74) is 5.78. The van der Waals surface area contributed by atoms with E-state index in [2.05, 4.69) is 46.6 Å². The number of nitrogens with zero attached hydrogens (tertiary/aromatic N) is 1. The Morgan fingerprint density at radius 2 is 1.70 bits per heavy atom. The van der Waals surface area contributed by atoms with Crippen LogP contribution < -0.4 is 10.1 Å². The van der Waals surface area contributed by atoms with Crippen molar-refractivity contribution in [2.24, 2.45) is 0 Å². The SMILES string of the molecule is CCOc1ccccc1CNC(=O)c1ccc(CN2CCc3ccccc3C2)cc1. The number of hydrogen-bond donors (Lipinski definition) is 1. The number of benzene rings is 3. The molecule has 1 heterocycles. The fraction of sp³-hybridized carbons (Fsp3) is 0.269. The molecule has 0 saturated heterocycles. The van der Waals surface area contributed by atoms with Crippen LogP contribution >= 0.6 is 0 Å². The Morgan fingerprint density at radius 1 is 0.967 bits per heavy atom. The van der Waals surface area contributed by atoms with Gasteiger partial charge in [0.15, 0.2) is 0 Å². The maximum Gasteiger partial charge on any atom is 0.251 e. The molecule has 0 atom stereocenters. The van der Waals surface area contributed by atoms with Gasteiger partial charge in [-0.15, -0.1) is 0 Å². The molecule has 3 aromatic carbocycles. The van der Waals surface area contributed by atoms with Crippen molar-refractivity contribution in [2.75, 3.05) is 13.2 Å². The van der Waals surface area contributed by atoms with E-state index in [1.807, 2.05) is 43.3 Å². The lowest BCUT2D eigenvalue weighted by atomic mass is 9.99. The molecule has 154 valence electrons. The number of fused-ring (bicyclic) bond motifs is 1. The van der Waals surface area contributed by atoms with Crippen LogP contribution in [0.1, 0.15) is 39.5 Å². The van der Waals surface area contributed by atoms with Gasteiger partial charge in [-0.3, -0.25) is 9.69 Å². The lowest BCUT2D eigenvalue weighted by molar-refractivity contribution is 0.0950. The predicted molar refractivity (Wildman–Crippen MR) is 119 cm³/mol. The number of ether oxygens (including phenoxy) is 1. The molecule has 4 nitrogen and oxygen atoms in total. The molecule has 4 rings (SSSR count). The molecule has 0 saturated carbocycles. The van der Waals surface area contributed by atoms with Gasteiger partial charge >= 0.3 is 0 Å². The Morgan fingerprint density at radius 3 is 2.50 bits per heavy atom. The molecule has 0 bridgehead atoms. The van der Waals surface area contributed by atoms with Crippen molar-refractivity contribution in [3.05, 3.63) is 101 Å². The molecule has 0 aliphatic carbocycles. The van der Waals surface area contributed by atoms with Crippen LogP contribution in [0, 0.1) is 0 Å². The molecule has 0 spiro atoms. The first kappa shape index (κ1) is 20.2. The van der Waals surface area contributed by atoms with Gasteiger partial charge in [-0.05, 0) is 48.2 Å². The summed E-state index contributed by atoms with van der Waals surface area (Å²) < 4.78 is 5.63. The standard InChI is InChI=1S/C26H28N2O2/c1-2-30-25-10-6-5-8-23(25)17-27-26(29)22-13-11-20(12-14-22)18-28-16-15-21-7-3-4-9-24(21)19-28/h3-14H,2,15-19H2,1H3,(H,27,29). The molecule has 3 aromatic rings. The van der Waals surface area contributed by atoms with Crippen molar-refractivity contribution in [2.45, 2.75) is 33.0 Å². The van der Waals surface area contributed by atoms with Gasteiger partial charge in [-0.1, -0.05) is 54.6 Å². The van der Waals surface area contributed by atoms with E-state index >= 15 is 0 Å². The molecule has 0 fully saturated rings. The van der Waals surface area contributed by atoms with Crippen LogP contribution in [-0.4, -0.2) is 24.0 Å². The summed E-state index contributed by atoms with van der Waals surface area (Å²) in [5, 5.41) is 3.00. The van der Waals surface area contributed by atoms with Crippen LogP contribution in [-0.2, 0) is 26.1 Å². The molecule has 1 aliphatic heterocycles. The molecule has 1 aliphatic rings. The summed E-state index contributed by atoms with van der Waals surface area (Å²) in [6.45, 7) is 5.96. The summed E-state index contributed by atoms with van der Waals surface area (Å²) in [4.78, 5) is 15.0. The fourth-order valence-electron chi connectivity index (χ4n) is 3.93. The van der Waals surface area contributed by atoms with Gasteiger partial charge in [0.25, 0.3) is 5.91 Å². The molecule has 0 aromatic heterocycles. The minimum Gasteiger partial charge on any atom is -0.494 e. The first-order valence-corrected chi connectivity index (χ1v) is 10.6. The largest absolute Gasteiger partial charge is 0.494 e. The monoisotopic (exact) mass is 400 g/mol. The maximum absolute atomic E-state index is 12.6. The van der Waals surface area contributed by atoms with Crippen LogP contribution in [0.3, 0.4) is 0 Å². The van der Waals surface area contributed by atoms with E-state index in [1.165, 1.54) is 16.7 Å². The Labute approximate surface area is 178 Å². The normalized spacial score (nSPS) is 13.5. The number of amides is 1. The van der Waals surface area contributed by atoms with Crippen molar-refractivity contribution in [3.8, 4) is 5.75 Å². The second-order valence-corrected chi connectivity index (χ2v) is 7.65. The van der Waals surface area contributed by atoms with Crippen molar-refractivity contribution in [3.63, 3.8) is 0 Å². The highest BCUT2D eigenvalue weighted by molar-refractivity contribution is 5.94. The zero-order valence-electron chi connectivity index (χ0n) is 17.4. The Hall–Kier alpha value is -3.11. The minimum absolute atomic E-state index is 0.0697. The Bertz CT molecular complexity index is 998. The summed E-state index contributed by atoms with van der Waals surface area (Å²) in [5.74, 6) is 0.749. The van der Waals surface area contributed by atoms with Crippen molar-refractivity contribution < 1.29 is 9.53 Å². The zero-order chi connectivity index (χ0) is 20.8. The number of hydrogen-bond acceptors (Lipinski definition) is 3. The third-order valence-corrected chi connectivity index (χ3v) is 5.54. The number of para-hydroxylation sites is 1. The van der Waals surface area contributed by atoms with Gasteiger partial charge in [0, 0.05) is 37.3 Å². The third kappa shape index (κ3) is 4.89. The molecule has 30 heavy (non-hydrogen) atoms. The topological polar surface area (TPSA) is 41.6 Å². The Kier molecular flexibility index (Phi) is 6.45. The first-order chi connectivity index (χ1) is 14.7. The maximum atomic E-state index is 12.6. The molecule has 0 unspecified atom stereocenters. The van der Waals surface area contributed by atoms with Crippen molar-refractivity contribution >= 4 is 5.91 Å². The number of carbonyl (C=O) groups excluding carboxylic acids is 1. The quantitative estimate of drug-likeness (QED) is 0.631. The number of carbonyl (C=O) groups is 1. The van der Waals surface area contributed by atoms with Crippen LogP contribution in [0.5, 0.6) is 5.75 Å². The highest BCUT2D eigenvalue weighted by Gasteiger charge is 2.16. The second kappa shape index (κ2) is 9.59. The smallest absolute Gasteiger partial charge is 0.251 e. The van der Waals surface area contributed by atoms with Gasteiger partial charge < -0.3 is 10.1 Å². The van der Waals surface area contributed by atoms with Gasteiger partial charge in [-0.25, -0.2) is 0 Å². The van der Waals surface area contributed by atoms with Gasteiger partial charge in [-0.2, -0.15) is 0 Å². The minimum atomic E-state index is -0.0697.